The number of nitrogens with two attached hydrogens (primary N) is 1. The third-order valence-corrected chi connectivity index (χ3v) is 6.96. The molecule has 1 fully saturated rings. The van der Waals surface area contributed by atoms with Crippen molar-refractivity contribution in [2.24, 2.45) is 0 Å². The summed E-state index contributed by atoms with van der Waals surface area (Å²) in [6, 6.07) is 12.6. The van der Waals surface area contributed by atoms with Crippen molar-refractivity contribution in [3.8, 4) is 5.75 Å². The third kappa shape index (κ3) is 5.66. The van der Waals surface area contributed by atoms with E-state index in [0.29, 0.717) is 28.3 Å². The highest BCUT2D eigenvalue weighted by atomic mass is 32.1. The summed E-state index contributed by atoms with van der Waals surface area (Å²) in [6.45, 7) is 4.77. The molecule has 2 heterocycles. The molecule has 1 aliphatic rings. The summed E-state index contributed by atoms with van der Waals surface area (Å²) in [4.78, 5) is 15.6. The Hall–Kier alpha value is -3.36. The smallest absolute Gasteiger partial charge is 0.246 e. The minimum Gasteiger partial charge on any atom is -0.495 e. The number of likely N-dealkylation sites (tertiary alicyclic amines) is 1. The molecule has 1 saturated heterocycles. The minimum atomic E-state index is -0.323. The summed E-state index contributed by atoms with van der Waals surface area (Å²) in [5.41, 5.74) is 10.8. The van der Waals surface area contributed by atoms with Gasteiger partial charge in [0.05, 0.1) is 18.5 Å². The highest BCUT2D eigenvalue weighted by Gasteiger charge is 2.30. The highest BCUT2D eigenvalue weighted by molar-refractivity contribution is 7.08. The van der Waals surface area contributed by atoms with Gasteiger partial charge in [-0.25, -0.2) is 0 Å². The fourth-order valence-corrected chi connectivity index (χ4v) is 5.11. The van der Waals surface area contributed by atoms with Gasteiger partial charge in [-0.05, 0) is 85.1 Å². The number of ether oxygens (including phenoxy) is 1. The number of nitrogens with one attached hydrogen (secondary N) is 3. The van der Waals surface area contributed by atoms with E-state index in [0.717, 1.165) is 50.1 Å². The van der Waals surface area contributed by atoms with Crippen LogP contribution in [0.2, 0.25) is 0 Å². The van der Waals surface area contributed by atoms with Crippen molar-refractivity contribution in [1.29, 1.82) is 5.41 Å². The van der Waals surface area contributed by atoms with Crippen LogP contribution in [0.15, 0.2) is 53.2 Å². The van der Waals surface area contributed by atoms with Gasteiger partial charge < -0.3 is 21.1 Å². The lowest BCUT2D eigenvalue weighted by molar-refractivity contribution is -0.121. The molecule has 1 unspecified atom stereocenters. The molecule has 5 N–H and O–H groups in total. The third-order valence-electron chi connectivity index (χ3n) is 6.26. The number of amides is 1. The van der Waals surface area contributed by atoms with Crippen LogP contribution in [0.3, 0.4) is 0 Å². The Bertz CT molecular complexity index is 1180. The lowest BCUT2D eigenvalue weighted by atomic mass is 9.99. The molecule has 8 heteroatoms. The van der Waals surface area contributed by atoms with E-state index in [4.69, 9.17) is 15.9 Å². The Morgan fingerprint density at radius 2 is 2.03 bits per heavy atom. The first kappa shape index (κ1) is 24.8. The van der Waals surface area contributed by atoms with Crippen LogP contribution < -0.4 is 21.1 Å². The number of methoxy groups -OCH3 is 1. The Balaban J connectivity index is 0.00000241. The molecule has 188 valence electrons. The predicted octanol–water partition coefficient (Wildman–Crippen LogP) is 5.84. The summed E-state index contributed by atoms with van der Waals surface area (Å²) in [5, 5.41) is 19.3. The molecule has 1 amide bonds. The zero-order valence-corrected chi connectivity index (χ0v) is 21.1. The Labute approximate surface area is 213 Å². The first-order valence-electron chi connectivity index (χ1n) is 12.0. The molecule has 0 aliphatic carbocycles. The van der Waals surface area contributed by atoms with Gasteiger partial charge in [-0.3, -0.25) is 15.1 Å². The second-order valence-electron chi connectivity index (χ2n) is 8.71. The number of carbonyl (C=O) groups excluding carboxylic acids is 1. The van der Waals surface area contributed by atoms with Gasteiger partial charge in [0.25, 0.3) is 0 Å². The number of carbonyl (C=O) groups is 1. The number of rotatable bonds is 10. The summed E-state index contributed by atoms with van der Waals surface area (Å²) < 4.78 is 5.53. The van der Waals surface area contributed by atoms with Gasteiger partial charge >= 0.3 is 0 Å². The molecule has 7 nitrogen and oxygen atoms in total. The number of hydrogen-bond acceptors (Lipinski definition) is 7. The van der Waals surface area contributed by atoms with E-state index in [9.17, 15) is 4.79 Å². The van der Waals surface area contributed by atoms with Crippen molar-refractivity contribution in [2.75, 3.05) is 43.1 Å². The van der Waals surface area contributed by atoms with Crippen molar-refractivity contribution < 1.29 is 12.4 Å². The van der Waals surface area contributed by atoms with Crippen LogP contribution in [-0.4, -0.2) is 43.3 Å². The molecule has 1 atom stereocenters. The number of anilines is 3. The average molecular weight is 496 g/mol. The van der Waals surface area contributed by atoms with Gasteiger partial charge in [-0.15, -0.1) is 0 Å². The standard InChI is InChI=1S/C27H33N5O2S.2H2/c1-3-11-30-23-9-6-18(15-24(23)34-2)25(29)21-16-20(7-8-22(21)28)31-27(33)26(19-10-14-35-17-19)32-12-4-5-13-32;;/h6-10,14-17,26,29-30H,3-5,11-13,28H2,1-2H3,(H,31,33);2*1H. The van der Waals surface area contributed by atoms with Crippen LogP contribution in [0.25, 0.3) is 0 Å². The van der Waals surface area contributed by atoms with Gasteiger partial charge in [0.2, 0.25) is 5.91 Å². The van der Waals surface area contributed by atoms with Gasteiger partial charge in [-0.1, -0.05) is 13.0 Å². The predicted molar refractivity (Wildman–Crippen MR) is 149 cm³/mol. The summed E-state index contributed by atoms with van der Waals surface area (Å²) in [5.74, 6) is 0.605. The van der Waals surface area contributed by atoms with Crippen molar-refractivity contribution in [3.05, 3.63) is 69.9 Å². The fraction of sp³-hybridized carbons (Fsp3) is 0.333. The van der Waals surface area contributed by atoms with Gasteiger partial charge in [0, 0.05) is 31.9 Å². The summed E-state index contributed by atoms with van der Waals surface area (Å²) in [7, 11) is 1.62. The normalized spacial score (nSPS) is 14.5. The minimum absolute atomic E-state index is 0. The second kappa shape index (κ2) is 11.4. The molecule has 3 aromatic rings. The molecule has 1 aliphatic heterocycles. The van der Waals surface area contributed by atoms with Gasteiger partial charge in [0.1, 0.15) is 11.8 Å². The molecule has 35 heavy (non-hydrogen) atoms. The van der Waals surface area contributed by atoms with Crippen LogP contribution in [0.5, 0.6) is 5.75 Å². The molecular weight excluding hydrogens is 458 g/mol. The van der Waals surface area contributed by atoms with Crippen molar-refractivity contribution in [3.63, 3.8) is 0 Å². The van der Waals surface area contributed by atoms with Crippen LogP contribution >= 0.6 is 11.3 Å². The van der Waals surface area contributed by atoms with E-state index in [2.05, 4.69) is 22.5 Å². The highest BCUT2D eigenvalue weighted by Crippen LogP contribution is 2.31. The topological polar surface area (TPSA) is 103 Å². The maximum atomic E-state index is 13.4. The van der Waals surface area contributed by atoms with E-state index in [-0.39, 0.29) is 20.5 Å². The zero-order chi connectivity index (χ0) is 24.8. The number of thiophene rings is 1. The molecule has 1 aromatic heterocycles. The first-order chi connectivity index (χ1) is 17.0. The Morgan fingerprint density at radius 3 is 2.71 bits per heavy atom. The summed E-state index contributed by atoms with van der Waals surface area (Å²) >= 11 is 1.60. The maximum Gasteiger partial charge on any atom is 0.246 e. The zero-order valence-electron chi connectivity index (χ0n) is 20.3. The SMILES string of the molecule is CCCNc1ccc(C(=N)c2cc(NC(=O)C(c3ccsc3)N3CCCC3)ccc2N)cc1OC.[HH].[HH]. The Kier molecular flexibility index (Phi) is 8.05. The lowest BCUT2D eigenvalue weighted by Crippen LogP contribution is -2.35. The number of nitrogens with zero attached hydrogens (tertiary/aromatic N) is 1. The molecule has 0 radical (unpaired) electrons. The monoisotopic (exact) mass is 495 g/mol. The van der Waals surface area contributed by atoms with E-state index in [1.165, 1.54) is 0 Å². The quantitative estimate of drug-likeness (QED) is 0.209. The van der Waals surface area contributed by atoms with Gasteiger partial charge in [-0.2, -0.15) is 11.3 Å². The second-order valence-corrected chi connectivity index (χ2v) is 9.49. The van der Waals surface area contributed by atoms with E-state index in [1.54, 1.807) is 36.6 Å². The Morgan fingerprint density at radius 1 is 1.23 bits per heavy atom. The maximum absolute atomic E-state index is 13.4. The molecule has 0 saturated carbocycles. The fourth-order valence-electron chi connectivity index (χ4n) is 4.43. The molecule has 0 bridgehead atoms. The van der Waals surface area contributed by atoms with E-state index < -0.39 is 0 Å². The van der Waals surface area contributed by atoms with Crippen molar-refractivity contribution >= 4 is 40.0 Å². The summed E-state index contributed by atoms with van der Waals surface area (Å²) in [6.07, 6.45) is 3.21. The average Bonchev–Trinajstić information content (AvgIpc) is 3.59. The molecule has 0 spiro atoms. The van der Waals surface area contributed by atoms with Crippen LogP contribution in [0.4, 0.5) is 17.1 Å². The number of nitrogen functional groups attached to an aromatic ring is 1. The van der Waals surface area contributed by atoms with Crippen molar-refractivity contribution in [1.82, 2.24) is 4.90 Å². The first-order valence-corrected chi connectivity index (χ1v) is 12.9. The lowest BCUT2D eigenvalue weighted by Gasteiger charge is -2.26. The largest absolute Gasteiger partial charge is 0.495 e. The van der Waals surface area contributed by atoms with Gasteiger partial charge in [0.15, 0.2) is 0 Å². The number of hydrogen-bond donors (Lipinski definition) is 4. The van der Waals surface area contributed by atoms with E-state index >= 15 is 0 Å². The number of benzene rings is 2. The van der Waals surface area contributed by atoms with Crippen LogP contribution in [0.1, 0.15) is 51.8 Å². The molecule has 4 rings (SSSR count). The van der Waals surface area contributed by atoms with Crippen molar-refractivity contribution in [2.45, 2.75) is 32.2 Å². The van der Waals surface area contributed by atoms with E-state index in [1.807, 2.05) is 35.0 Å². The van der Waals surface area contributed by atoms with Crippen LogP contribution in [-0.2, 0) is 4.79 Å². The molecule has 2 aromatic carbocycles. The molecular formula is C27H37N5O2S. The van der Waals surface area contributed by atoms with Crippen LogP contribution in [0, 0.1) is 5.41 Å².